The standard InChI is InChI=1S/C18H25Br/c1-12(2)9-13-3-6-15(7-4-13)18(19)17-11-14-5-8-16(17)10-14/h3-4,6-7,12,14,16-18H,5,8-11H2,1-2H3. The maximum absolute atomic E-state index is 3.99. The van der Waals surface area contributed by atoms with Crippen molar-refractivity contribution in [2.24, 2.45) is 23.7 Å². The molecule has 2 aliphatic carbocycles. The van der Waals surface area contributed by atoms with Gasteiger partial charge in [0.05, 0.1) is 0 Å². The van der Waals surface area contributed by atoms with Gasteiger partial charge in [-0.05, 0) is 60.5 Å². The van der Waals surface area contributed by atoms with Crippen LogP contribution in [0.25, 0.3) is 0 Å². The molecule has 0 N–H and O–H groups in total. The smallest absolute Gasteiger partial charge is 0.0426 e. The minimum atomic E-state index is 0.580. The first-order valence-electron chi connectivity index (χ1n) is 7.86. The van der Waals surface area contributed by atoms with Gasteiger partial charge in [-0.25, -0.2) is 0 Å². The van der Waals surface area contributed by atoms with E-state index in [1.54, 1.807) is 0 Å². The molecule has 4 unspecified atom stereocenters. The highest BCUT2D eigenvalue weighted by Crippen LogP contribution is 2.54. The Morgan fingerprint density at radius 3 is 2.37 bits per heavy atom. The van der Waals surface area contributed by atoms with Crippen molar-refractivity contribution in [3.05, 3.63) is 35.4 Å². The average Bonchev–Trinajstić information content (AvgIpc) is 3.00. The minimum Gasteiger partial charge on any atom is -0.0836 e. The molecule has 1 heteroatoms. The third-order valence-electron chi connectivity index (χ3n) is 5.11. The lowest BCUT2D eigenvalue weighted by Gasteiger charge is -2.27. The minimum absolute atomic E-state index is 0.580. The first-order chi connectivity index (χ1) is 9.13. The average molecular weight is 321 g/mol. The first-order valence-corrected chi connectivity index (χ1v) is 8.78. The van der Waals surface area contributed by atoms with Crippen LogP contribution in [0.5, 0.6) is 0 Å². The zero-order valence-electron chi connectivity index (χ0n) is 12.1. The highest BCUT2D eigenvalue weighted by Gasteiger charge is 2.42. The van der Waals surface area contributed by atoms with Crippen molar-refractivity contribution in [3.8, 4) is 0 Å². The van der Waals surface area contributed by atoms with Gasteiger partial charge in [-0.2, -0.15) is 0 Å². The Morgan fingerprint density at radius 1 is 1.11 bits per heavy atom. The maximum Gasteiger partial charge on any atom is 0.0426 e. The summed E-state index contributed by atoms with van der Waals surface area (Å²) in [7, 11) is 0. The van der Waals surface area contributed by atoms with E-state index in [-0.39, 0.29) is 0 Å². The molecule has 2 saturated carbocycles. The van der Waals surface area contributed by atoms with E-state index in [0.29, 0.717) is 4.83 Å². The topological polar surface area (TPSA) is 0 Å². The second-order valence-electron chi connectivity index (χ2n) is 7.08. The van der Waals surface area contributed by atoms with Gasteiger partial charge in [-0.3, -0.25) is 0 Å². The van der Waals surface area contributed by atoms with Crippen LogP contribution < -0.4 is 0 Å². The number of fused-ring (bicyclic) bond motifs is 2. The summed E-state index contributed by atoms with van der Waals surface area (Å²) in [5.41, 5.74) is 2.97. The Morgan fingerprint density at radius 2 is 1.84 bits per heavy atom. The monoisotopic (exact) mass is 320 g/mol. The van der Waals surface area contributed by atoms with Crippen molar-refractivity contribution in [3.63, 3.8) is 0 Å². The van der Waals surface area contributed by atoms with Gasteiger partial charge in [0.1, 0.15) is 0 Å². The van der Waals surface area contributed by atoms with E-state index in [2.05, 4.69) is 54.0 Å². The summed E-state index contributed by atoms with van der Waals surface area (Å²) in [5, 5.41) is 0. The molecule has 0 nitrogen and oxygen atoms in total. The number of hydrogen-bond acceptors (Lipinski definition) is 0. The highest BCUT2D eigenvalue weighted by atomic mass is 79.9. The van der Waals surface area contributed by atoms with Crippen molar-refractivity contribution in [2.45, 2.75) is 50.8 Å². The summed E-state index contributed by atoms with van der Waals surface area (Å²) < 4.78 is 0. The summed E-state index contributed by atoms with van der Waals surface area (Å²) in [6, 6.07) is 9.36. The van der Waals surface area contributed by atoms with Gasteiger partial charge in [-0.1, -0.05) is 60.5 Å². The lowest BCUT2D eigenvalue weighted by atomic mass is 9.84. The molecule has 0 spiro atoms. The molecule has 0 saturated heterocycles. The Labute approximate surface area is 126 Å². The Bertz CT molecular complexity index is 420. The van der Waals surface area contributed by atoms with Crippen LogP contribution in [0.3, 0.4) is 0 Å². The Kier molecular flexibility index (Phi) is 4.03. The molecule has 0 aromatic heterocycles. The van der Waals surface area contributed by atoms with Crippen molar-refractivity contribution < 1.29 is 0 Å². The number of rotatable bonds is 4. The highest BCUT2D eigenvalue weighted by molar-refractivity contribution is 9.09. The summed E-state index contributed by atoms with van der Waals surface area (Å²) in [6.45, 7) is 4.58. The van der Waals surface area contributed by atoms with Crippen LogP contribution in [0.2, 0.25) is 0 Å². The molecule has 1 aromatic carbocycles. The molecule has 3 rings (SSSR count). The van der Waals surface area contributed by atoms with Crippen LogP contribution in [-0.4, -0.2) is 0 Å². The fraction of sp³-hybridized carbons (Fsp3) is 0.667. The molecular weight excluding hydrogens is 296 g/mol. The van der Waals surface area contributed by atoms with Gasteiger partial charge < -0.3 is 0 Å². The van der Waals surface area contributed by atoms with E-state index in [0.717, 1.165) is 23.7 Å². The zero-order chi connectivity index (χ0) is 13.4. The van der Waals surface area contributed by atoms with E-state index in [4.69, 9.17) is 0 Å². The number of hydrogen-bond donors (Lipinski definition) is 0. The van der Waals surface area contributed by atoms with Crippen LogP contribution in [-0.2, 0) is 6.42 Å². The molecule has 0 aliphatic heterocycles. The van der Waals surface area contributed by atoms with Crippen molar-refractivity contribution >= 4 is 15.9 Å². The van der Waals surface area contributed by atoms with E-state index in [1.807, 2.05) is 0 Å². The number of halogens is 1. The predicted molar refractivity (Wildman–Crippen MR) is 85.6 cm³/mol. The Hall–Kier alpha value is -0.300. The number of benzene rings is 1. The molecular formula is C18H25Br. The molecule has 1 aromatic rings. The van der Waals surface area contributed by atoms with Crippen LogP contribution >= 0.6 is 15.9 Å². The van der Waals surface area contributed by atoms with Gasteiger partial charge in [0.25, 0.3) is 0 Å². The van der Waals surface area contributed by atoms with Gasteiger partial charge in [0, 0.05) is 4.83 Å². The molecule has 2 bridgehead atoms. The third-order valence-corrected chi connectivity index (χ3v) is 6.32. The van der Waals surface area contributed by atoms with Crippen LogP contribution in [0.15, 0.2) is 24.3 Å². The molecule has 2 aliphatic rings. The van der Waals surface area contributed by atoms with Gasteiger partial charge in [0.2, 0.25) is 0 Å². The summed E-state index contributed by atoms with van der Waals surface area (Å²) >= 11 is 3.99. The zero-order valence-corrected chi connectivity index (χ0v) is 13.7. The summed E-state index contributed by atoms with van der Waals surface area (Å²) in [4.78, 5) is 0.580. The van der Waals surface area contributed by atoms with Crippen LogP contribution in [0, 0.1) is 23.7 Å². The van der Waals surface area contributed by atoms with E-state index in [1.165, 1.54) is 43.2 Å². The molecule has 104 valence electrons. The fourth-order valence-corrected chi connectivity index (χ4v) is 5.16. The second-order valence-corrected chi connectivity index (χ2v) is 8.07. The van der Waals surface area contributed by atoms with Gasteiger partial charge in [-0.15, -0.1) is 0 Å². The van der Waals surface area contributed by atoms with E-state index >= 15 is 0 Å². The third kappa shape index (κ3) is 2.91. The quantitative estimate of drug-likeness (QED) is 0.619. The summed E-state index contributed by atoms with van der Waals surface area (Å²) in [5.74, 6) is 3.66. The normalized spacial score (nSPS) is 31.1. The summed E-state index contributed by atoms with van der Waals surface area (Å²) in [6.07, 6.45) is 7.12. The van der Waals surface area contributed by atoms with Crippen molar-refractivity contribution in [2.75, 3.05) is 0 Å². The van der Waals surface area contributed by atoms with Crippen molar-refractivity contribution in [1.29, 1.82) is 0 Å². The van der Waals surface area contributed by atoms with Crippen LogP contribution in [0.4, 0.5) is 0 Å². The van der Waals surface area contributed by atoms with Crippen LogP contribution in [0.1, 0.15) is 55.5 Å². The SMILES string of the molecule is CC(C)Cc1ccc(C(Br)C2CC3CCC2C3)cc1. The fourth-order valence-electron chi connectivity index (χ4n) is 4.21. The Balaban J connectivity index is 1.68. The van der Waals surface area contributed by atoms with E-state index in [9.17, 15) is 0 Å². The molecule has 2 fully saturated rings. The largest absolute Gasteiger partial charge is 0.0836 e. The lowest BCUT2D eigenvalue weighted by Crippen LogP contribution is -2.15. The lowest BCUT2D eigenvalue weighted by molar-refractivity contribution is 0.329. The molecule has 19 heavy (non-hydrogen) atoms. The predicted octanol–water partition coefficient (Wildman–Crippen LogP) is 5.76. The molecule has 0 radical (unpaired) electrons. The molecule has 0 heterocycles. The van der Waals surface area contributed by atoms with E-state index < -0.39 is 0 Å². The second kappa shape index (κ2) is 5.60. The number of alkyl halides is 1. The molecule has 4 atom stereocenters. The maximum atomic E-state index is 3.99. The first kappa shape index (κ1) is 13.7. The van der Waals surface area contributed by atoms with Gasteiger partial charge >= 0.3 is 0 Å². The van der Waals surface area contributed by atoms with Gasteiger partial charge in [0.15, 0.2) is 0 Å². The molecule has 0 amide bonds. The van der Waals surface area contributed by atoms with Crippen molar-refractivity contribution in [1.82, 2.24) is 0 Å².